The number of hydrogen-bond acceptors (Lipinski definition) is 3. The second-order valence-electron chi connectivity index (χ2n) is 6.28. The van der Waals surface area contributed by atoms with Crippen molar-refractivity contribution in [1.82, 2.24) is 15.1 Å². The molecule has 0 spiro atoms. The predicted molar refractivity (Wildman–Crippen MR) is 93.7 cm³/mol. The molecule has 0 saturated carbocycles. The summed E-state index contributed by atoms with van der Waals surface area (Å²) in [5.41, 5.74) is 2.39. The normalized spacial score (nSPS) is 11.7. The second kappa shape index (κ2) is 7.27. The fourth-order valence-electron chi connectivity index (χ4n) is 2.13. The molecule has 0 unspecified atom stereocenters. The Morgan fingerprint density at radius 1 is 1.35 bits per heavy atom. The van der Waals surface area contributed by atoms with Gasteiger partial charge in [-0.25, -0.2) is 4.68 Å². The first-order valence-corrected chi connectivity index (χ1v) is 8.34. The van der Waals surface area contributed by atoms with Gasteiger partial charge in [0.1, 0.15) is 0 Å². The van der Waals surface area contributed by atoms with Gasteiger partial charge in [0.25, 0.3) is 0 Å². The average Bonchev–Trinajstić information content (AvgIpc) is 2.85. The van der Waals surface area contributed by atoms with Crippen molar-refractivity contribution in [2.45, 2.75) is 33.7 Å². The first-order chi connectivity index (χ1) is 10.8. The smallest absolute Gasteiger partial charge is 0.309 e. The van der Waals surface area contributed by atoms with Gasteiger partial charge in [-0.2, -0.15) is 5.10 Å². The maximum Gasteiger partial charge on any atom is 0.309 e. The molecule has 0 aliphatic heterocycles. The summed E-state index contributed by atoms with van der Waals surface area (Å²) in [6.07, 6.45) is 2.59. The molecule has 1 heterocycles. The van der Waals surface area contributed by atoms with Crippen LogP contribution in [0.3, 0.4) is 0 Å². The van der Waals surface area contributed by atoms with E-state index in [0.717, 1.165) is 21.4 Å². The zero-order valence-electron chi connectivity index (χ0n) is 13.6. The molecular weight excluding hydrogens is 358 g/mol. The van der Waals surface area contributed by atoms with Crippen LogP contribution in [-0.4, -0.2) is 27.4 Å². The van der Waals surface area contributed by atoms with E-state index in [0.29, 0.717) is 19.5 Å². The number of halogens is 1. The number of aromatic nitrogens is 2. The molecule has 0 amide bonds. The van der Waals surface area contributed by atoms with Crippen LogP contribution in [-0.2, 0) is 11.3 Å². The predicted octanol–water partition coefficient (Wildman–Crippen LogP) is 3.53. The zero-order chi connectivity index (χ0) is 17.0. The minimum Gasteiger partial charge on any atom is -0.481 e. The number of nitrogens with zero attached hydrogens (tertiary/aromatic N) is 2. The van der Waals surface area contributed by atoms with Crippen LogP contribution in [0, 0.1) is 12.3 Å². The molecule has 5 nitrogen and oxygen atoms in total. The summed E-state index contributed by atoms with van der Waals surface area (Å²) in [6, 6.07) is 7.97. The van der Waals surface area contributed by atoms with E-state index in [-0.39, 0.29) is 0 Å². The standard InChI is InChI=1S/C17H22BrN3O2/c1-12-13(10-19-9-8-17(2,3)16(22)23)11-21(20-12)15-6-4-14(18)5-7-15/h4-7,11,19H,8-10H2,1-3H3,(H,22,23). The summed E-state index contributed by atoms with van der Waals surface area (Å²) in [7, 11) is 0. The van der Waals surface area contributed by atoms with Crippen LogP contribution in [0.15, 0.2) is 34.9 Å². The largest absolute Gasteiger partial charge is 0.481 e. The number of carboxylic acid groups (broad SMARTS) is 1. The summed E-state index contributed by atoms with van der Waals surface area (Å²) in [5.74, 6) is -0.765. The summed E-state index contributed by atoms with van der Waals surface area (Å²) in [6.45, 7) is 6.80. The monoisotopic (exact) mass is 379 g/mol. The third-order valence-electron chi connectivity index (χ3n) is 3.91. The number of aliphatic carboxylic acids is 1. The number of hydrogen-bond donors (Lipinski definition) is 2. The van der Waals surface area contributed by atoms with Crippen molar-refractivity contribution >= 4 is 21.9 Å². The molecule has 2 N–H and O–H groups in total. The van der Waals surface area contributed by atoms with Gasteiger partial charge in [0.15, 0.2) is 0 Å². The highest BCUT2D eigenvalue weighted by atomic mass is 79.9. The third kappa shape index (κ3) is 4.65. The van der Waals surface area contributed by atoms with Gasteiger partial charge in [-0.1, -0.05) is 15.9 Å². The maximum absolute atomic E-state index is 11.1. The lowest BCUT2D eigenvalue weighted by Crippen LogP contribution is -2.28. The number of rotatable bonds is 7. The van der Waals surface area contributed by atoms with Gasteiger partial charge in [0.2, 0.25) is 0 Å². The van der Waals surface area contributed by atoms with Crippen molar-refractivity contribution in [3.63, 3.8) is 0 Å². The van der Waals surface area contributed by atoms with Gasteiger partial charge < -0.3 is 10.4 Å². The van der Waals surface area contributed by atoms with Crippen molar-refractivity contribution in [1.29, 1.82) is 0 Å². The van der Waals surface area contributed by atoms with E-state index in [2.05, 4.69) is 26.3 Å². The number of carboxylic acids is 1. The fraction of sp³-hybridized carbons (Fsp3) is 0.412. The van der Waals surface area contributed by atoms with Gasteiger partial charge in [-0.05, 0) is 58.0 Å². The van der Waals surface area contributed by atoms with E-state index in [1.807, 2.05) is 42.1 Å². The molecule has 0 atom stereocenters. The molecule has 1 aromatic heterocycles. The molecule has 0 bridgehead atoms. The molecule has 6 heteroatoms. The first kappa shape index (κ1) is 17.7. The molecule has 23 heavy (non-hydrogen) atoms. The van der Waals surface area contributed by atoms with Gasteiger partial charge in [-0.15, -0.1) is 0 Å². The molecule has 0 saturated heterocycles. The minimum atomic E-state index is -0.765. The third-order valence-corrected chi connectivity index (χ3v) is 4.44. The SMILES string of the molecule is Cc1nn(-c2ccc(Br)cc2)cc1CNCCC(C)(C)C(=O)O. The number of carbonyl (C=O) groups is 1. The van der Waals surface area contributed by atoms with Crippen LogP contribution in [0.1, 0.15) is 31.5 Å². The maximum atomic E-state index is 11.1. The molecule has 0 fully saturated rings. The highest BCUT2D eigenvalue weighted by Crippen LogP contribution is 2.20. The van der Waals surface area contributed by atoms with Gasteiger partial charge in [-0.3, -0.25) is 4.79 Å². The summed E-state index contributed by atoms with van der Waals surface area (Å²) >= 11 is 3.42. The van der Waals surface area contributed by atoms with E-state index in [9.17, 15) is 4.79 Å². The highest BCUT2D eigenvalue weighted by Gasteiger charge is 2.26. The molecule has 0 radical (unpaired) electrons. The summed E-state index contributed by atoms with van der Waals surface area (Å²) in [5, 5.41) is 16.9. The van der Waals surface area contributed by atoms with E-state index < -0.39 is 11.4 Å². The van der Waals surface area contributed by atoms with Gasteiger partial charge in [0.05, 0.1) is 16.8 Å². The van der Waals surface area contributed by atoms with Crippen LogP contribution >= 0.6 is 15.9 Å². The summed E-state index contributed by atoms with van der Waals surface area (Å²) in [4.78, 5) is 11.1. The quantitative estimate of drug-likeness (QED) is 0.722. The van der Waals surface area contributed by atoms with Crippen LogP contribution < -0.4 is 5.32 Å². The lowest BCUT2D eigenvalue weighted by Gasteiger charge is -2.18. The average molecular weight is 380 g/mol. The van der Waals surface area contributed by atoms with Gasteiger partial charge in [0, 0.05) is 22.8 Å². The van der Waals surface area contributed by atoms with Crippen molar-refractivity contribution in [3.05, 3.63) is 46.2 Å². The topological polar surface area (TPSA) is 67.2 Å². The fourth-order valence-corrected chi connectivity index (χ4v) is 2.39. The van der Waals surface area contributed by atoms with Gasteiger partial charge >= 0.3 is 5.97 Å². The first-order valence-electron chi connectivity index (χ1n) is 7.55. The van der Waals surface area contributed by atoms with E-state index in [4.69, 9.17) is 5.11 Å². The molecule has 1 aromatic carbocycles. The van der Waals surface area contributed by atoms with Crippen LogP contribution in [0.2, 0.25) is 0 Å². The molecule has 0 aliphatic rings. The Morgan fingerprint density at radius 3 is 2.61 bits per heavy atom. The lowest BCUT2D eigenvalue weighted by atomic mass is 9.90. The minimum absolute atomic E-state index is 0.586. The highest BCUT2D eigenvalue weighted by molar-refractivity contribution is 9.10. The van der Waals surface area contributed by atoms with Crippen molar-refractivity contribution < 1.29 is 9.90 Å². The van der Waals surface area contributed by atoms with Crippen LogP contribution in [0.4, 0.5) is 0 Å². The molecule has 2 aromatic rings. The number of nitrogens with one attached hydrogen (secondary N) is 1. The zero-order valence-corrected chi connectivity index (χ0v) is 15.2. The van der Waals surface area contributed by atoms with Crippen molar-refractivity contribution in [2.24, 2.45) is 5.41 Å². The second-order valence-corrected chi connectivity index (χ2v) is 7.19. The molecule has 2 rings (SSSR count). The Bertz CT molecular complexity index is 678. The Labute approximate surface area is 144 Å². The van der Waals surface area contributed by atoms with Crippen molar-refractivity contribution in [2.75, 3.05) is 6.54 Å². The lowest BCUT2D eigenvalue weighted by molar-refractivity contribution is -0.147. The van der Waals surface area contributed by atoms with Crippen LogP contribution in [0.5, 0.6) is 0 Å². The Morgan fingerprint density at radius 2 is 2.00 bits per heavy atom. The Kier molecular flexibility index (Phi) is 5.59. The number of benzene rings is 1. The molecular formula is C17H22BrN3O2. The number of aryl methyl sites for hydroxylation is 1. The van der Waals surface area contributed by atoms with Crippen molar-refractivity contribution in [3.8, 4) is 5.69 Å². The Balaban J connectivity index is 1.94. The van der Waals surface area contributed by atoms with E-state index in [1.165, 1.54) is 0 Å². The Hall–Kier alpha value is -1.66. The van der Waals surface area contributed by atoms with E-state index in [1.54, 1.807) is 13.8 Å². The molecule has 124 valence electrons. The van der Waals surface area contributed by atoms with Crippen LogP contribution in [0.25, 0.3) is 5.69 Å². The molecule has 0 aliphatic carbocycles. The summed E-state index contributed by atoms with van der Waals surface area (Å²) < 4.78 is 2.90. The van der Waals surface area contributed by atoms with E-state index >= 15 is 0 Å².